The van der Waals surface area contributed by atoms with Crippen LogP contribution >= 0.6 is 22.9 Å². The van der Waals surface area contributed by atoms with E-state index in [9.17, 15) is 0 Å². The molecule has 0 saturated heterocycles. The number of ether oxygens (including phenoxy) is 1. The van der Waals surface area contributed by atoms with Gasteiger partial charge < -0.3 is 10.1 Å². The Labute approximate surface area is 125 Å². The lowest BCUT2D eigenvalue weighted by atomic mass is 9.82. The van der Waals surface area contributed by atoms with Crippen LogP contribution in [0.1, 0.15) is 49.9 Å². The molecule has 0 radical (unpaired) electrons. The summed E-state index contributed by atoms with van der Waals surface area (Å²) in [6.07, 6.45) is 6.86. The summed E-state index contributed by atoms with van der Waals surface area (Å²) >= 11 is 8.04. The lowest BCUT2D eigenvalue weighted by Crippen LogP contribution is -2.38. The van der Waals surface area contributed by atoms with Crippen molar-refractivity contribution in [3.8, 4) is 0 Å². The molecule has 1 aromatic rings. The molecule has 0 spiro atoms. The van der Waals surface area contributed by atoms with Crippen LogP contribution in [0.25, 0.3) is 0 Å². The minimum Gasteiger partial charge on any atom is -0.376 e. The van der Waals surface area contributed by atoms with E-state index in [1.54, 1.807) is 11.3 Å². The van der Waals surface area contributed by atoms with Crippen molar-refractivity contribution in [1.29, 1.82) is 0 Å². The molecule has 1 saturated carbocycles. The molecular formula is C15H24ClNOS. The van der Waals surface area contributed by atoms with Crippen molar-refractivity contribution in [2.45, 2.75) is 51.2 Å². The van der Waals surface area contributed by atoms with E-state index >= 15 is 0 Å². The molecule has 19 heavy (non-hydrogen) atoms. The predicted molar refractivity (Wildman–Crippen MR) is 83.1 cm³/mol. The molecule has 1 N–H and O–H groups in total. The summed E-state index contributed by atoms with van der Waals surface area (Å²) in [4.78, 5) is 1.22. The normalized spacial score (nSPS) is 20.4. The first-order chi connectivity index (χ1) is 9.27. The van der Waals surface area contributed by atoms with Crippen LogP contribution in [0, 0.1) is 5.92 Å². The molecule has 2 nitrogen and oxygen atoms in total. The minimum absolute atomic E-state index is 0.218. The van der Waals surface area contributed by atoms with Gasteiger partial charge in [-0.25, -0.2) is 0 Å². The van der Waals surface area contributed by atoms with E-state index in [1.807, 2.05) is 13.1 Å². The molecule has 2 unspecified atom stereocenters. The lowest BCUT2D eigenvalue weighted by Gasteiger charge is -2.35. The summed E-state index contributed by atoms with van der Waals surface area (Å²) in [6, 6.07) is 2.20. The first-order valence-corrected chi connectivity index (χ1v) is 8.55. The molecule has 2 atom stereocenters. The van der Waals surface area contributed by atoms with Crippen molar-refractivity contribution in [2.75, 3.05) is 13.7 Å². The maximum atomic E-state index is 6.31. The SMILES string of the molecule is CCOC(C1CCCCC1)C(NC)c1sccc1Cl. The third-order valence-electron chi connectivity index (χ3n) is 4.04. The number of likely N-dealkylation sites (N-methyl/N-ethyl adjacent to an activating group) is 1. The highest BCUT2D eigenvalue weighted by molar-refractivity contribution is 7.10. The fraction of sp³-hybridized carbons (Fsp3) is 0.733. The average molecular weight is 302 g/mol. The summed E-state index contributed by atoms with van der Waals surface area (Å²) in [5.41, 5.74) is 0. The van der Waals surface area contributed by atoms with Gasteiger partial charge in [0.15, 0.2) is 0 Å². The van der Waals surface area contributed by atoms with Crippen LogP contribution < -0.4 is 5.32 Å². The minimum atomic E-state index is 0.218. The van der Waals surface area contributed by atoms with Gasteiger partial charge in [-0.2, -0.15) is 0 Å². The third-order valence-corrected chi connectivity index (χ3v) is 5.48. The van der Waals surface area contributed by atoms with Gasteiger partial charge in [0.25, 0.3) is 0 Å². The Morgan fingerprint density at radius 2 is 2.16 bits per heavy atom. The van der Waals surface area contributed by atoms with Crippen molar-refractivity contribution < 1.29 is 4.74 Å². The first-order valence-electron chi connectivity index (χ1n) is 7.29. The molecule has 1 aromatic heterocycles. The summed E-state index contributed by atoms with van der Waals surface area (Å²) in [5.74, 6) is 0.657. The van der Waals surface area contributed by atoms with Gasteiger partial charge in [-0.05, 0) is 44.2 Å². The van der Waals surface area contributed by atoms with E-state index < -0.39 is 0 Å². The Balaban J connectivity index is 2.17. The van der Waals surface area contributed by atoms with Crippen LogP contribution in [-0.4, -0.2) is 19.8 Å². The first kappa shape index (κ1) is 15.3. The van der Waals surface area contributed by atoms with Crippen molar-refractivity contribution >= 4 is 22.9 Å². The monoisotopic (exact) mass is 301 g/mol. The van der Waals surface area contributed by atoms with E-state index in [1.165, 1.54) is 37.0 Å². The van der Waals surface area contributed by atoms with Crippen molar-refractivity contribution in [1.82, 2.24) is 5.32 Å². The average Bonchev–Trinajstić information content (AvgIpc) is 2.86. The zero-order valence-corrected chi connectivity index (χ0v) is 13.4. The number of hydrogen-bond acceptors (Lipinski definition) is 3. The van der Waals surface area contributed by atoms with Crippen LogP contribution in [0.3, 0.4) is 0 Å². The summed E-state index contributed by atoms with van der Waals surface area (Å²) < 4.78 is 6.10. The maximum Gasteiger partial charge on any atom is 0.0806 e. The Hall–Kier alpha value is -0.0900. The highest BCUT2D eigenvalue weighted by Crippen LogP contribution is 2.38. The third kappa shape index (κ3) is 3.72. The van der Waals surface area contributed by atoms with Crippen LogP contribution in [0.4, 0.5) is 0 Å². The number of thiophene rings is 1. The molecule has 0 bridgehead atoms. The standard InChI is InChI=1S/C15H24ClNOS/c1-3-18-14(11-7-5-4-6-8-11)13(17-2)15-12(16)9-10-19-15/h9-11,13-14,17H,3-8H2,1-2H3. The molecule has 0 aliphatic heterocycles. The molecule has 1 heterocycles. The molecule has 1 aliphatic carbocycles. The number of halogens is 1. The second-order valence-corrected chi connectivity index (χ2v) is 6.57. The fourth-order valence-electron chi connectivity index (χ4n) is 3.13. The number of nitrogens with one attached hydrogen (secondary N) is 1. The summed E-state index contributed by atoms with van der Waals surface area (Å²) in [6.45, 7) is 2.85. The maximum absolute atomic E-state index is 6.31. The molecule has 108 valence electrons. The molecule has 4 heteroatoms. The Morgan fingerprint density at radius 3 is 2.68 bits per heavy atom. The number of rotatable bonds is 6. The van der Waals surface area contributed by atoms with Gasteiger partial charge in [0, 0.05) is 11.5 Å². The molecule has 1 fully saturated rings. The summed E-state index contributed by atoms with van der Waals surface area (Å²) in [7, 11) is 2.01. The smallest absolute Gasteiger partial charge is 0.0806 e. The van der Waals surface area contributed by atoms with Gasteiger partial charge in [-0.1, -0.05) is 30.9 Å². The molecule has 0 amide bonds. The van der Waals surface area contributed by atoms with Crippen molar-refractivity contribution in [3.05, 3.63) is 21.3 Å². The van der Waals surface area contributed by atoms with Crippen LogP contribution in [0.2, 0.25) is 5.02 Å². The fourth-order valence-corrected chi connectivity index (χ4v) is 4.45. The van der Waals surface area contributed by atoms with Gasteiger partial charge in [0.1, 0.15) is 0 Å². The van der Waals surface area contributed by atoms with E-state index in [-0.39, 0.29) is 12.1 Å². The van der Waals surface area contributed by atoms with Crippen LogP contribution in [-0.2, 0) is 4.74 Å². The van der Waals surface area contributed by atoms with Crippen LogP contribution in [0.15, 0.2) is 11.4 Å². The second-order valence-electron chi connectivity index (χ2n) is 5.22. The Kier molecular flexibility index (Phi) is 6.14. The highest BCUT2D eigenvalue weighted by Gasteiger charge is 2.32. The van der Waals surface area contributed by atoms with Crippen LogP contribution in [0.5, 0.6) is 0 Å². The van der Waals surface area contributed by atoms with Gasteiger partial charge in [-0.15, -0.1) is 11.3 Å². The van der Waals surface area contributed by atoms with Crippen molar-refractivity contribution in [2.24, 2.45) is 5.92 Å². The summed E-state index contributed by atoms with van der Waals surface area (Å²) in [5, 5.41) is 6.36. The van der Waals surface area contributed by atoms with E-state index in [0.29, 0.717) is 5.92 Å². The molecule has 2 rings (SSSR count). The molecular weight excluding hydrogens is 278 g/mol. The topological polar surface area (TPSA) is 21.3 Å². The zero-order chi connectivity index (χ0) is 13.7. The second kappa shape index (κ2) is 7.63. The van der Waals surface area contributed by atoms with E-state index in [4.69, 9.17) is 16.3 Å². The van der Waals surface area contributed by atoms with Gasteiger partial charge >= 0.3 is 0 Å². The largest absolute Gasteiger partial charge is 0.376 e. The zero-order valence-electron chi connectivity index (χ0n) is 11.8. The molecule has 1 aliphatic rings. The van der Waals surface area contributed by atoms with Crippen molar-refractivity contribution in [3.63, 3.8) is 0 Å². The lowest BCUT2D eigenvalue weighted by molar-refractivity contribution is -0.0160. The molecule has 0 aromatic carbocycles. The Bertz CT molecular complexity index is 376. The van der Waals surface area contributed by atoms with E-state index in [0.717, 1.165) is 11.6 Å². The van der Waals surface area contributed by atoms with Gasteiger partial charge in [0.05, 0.1) is 17.2 Å². The Morgan fingerprint density at radius 1 is 1.42 bits per heavy atom. The van der Waals surface area contributed by atoms with Gasteiger partial charge in [0.2, 0.25) is 0 Å². The van der Waals surface area contributed by atoms with E-state index in [2.05, 4.69) is 17.6 Å². The van der Waals surface area contributed by atoms with Gasteiger partial charge in [-0.3, -0.25) is 0 Å². The predicted octanol–water partition coefficient (Wildman–Crippen LogP) is 4.65. The highest BCUT2D eigenvalue weighted by atomic mass is 35.5. The number of hydrogen-bond donors (Lipinski definition) is 1. The quantitative estimate of drug-likeness (QED) is 0.826.